The van der Waals surface area contributed by atoms with Gasteiger partial charge < -0.3 is 0 Å². The fourth-order valence-electron chi connectivity index (χ4n) is 2.75. The zero-order valence-corrected chi connectivity index (χ0v) is 16.5. The second-order valence-corrected chi connectivity index (χ2v) is 8.93. The Morgan fingerprint density at radius 1 is 1.07 bits per heavy atom. The van der Waals surface area contributed by atoms with Gasteiger partial charge in [-0.25, -0.2) is 18.4 Å². The molecule has 1 aromatic heterocycles. The first-order chi connectivity index (χ1) is 13.4. The van der Waals surface area contributed by atoms with Crippen molar-refractivity contribution in [2.75, 3.05) is 4.90 Å². The number of amides is 2. The molecule has 0 saturated carbocycles. The standard InChI is InChI=1S/C18H11F2N3O2S3/c19-12-7-6-11(8-13(12)20)22-15(24)9-14(16(22)25)27-17-21-23(18(26)28-17)10-4-2-1-3-5-10/h1-8,14H,9H2/t14-/m0/s1. The smallest absolute Gasteiger partial charge is 0.247 e. The minimum atomic E-state index is -1.12. The van der Waals surface area contributed by atoms with Gasteiger partial charge in [0.15, 0.2) is 19.9 Å². The summed E-state index contributed by atoms with van der Waals surface area (Å²) >= 11 is 7.72. The summed E-state index contributed by atoms with van der Waals surface area (Å²) in [4.78, 5) is 25.9. The molecule has 2 amide bonds. The maximum Gasteiger partial charge on any atom is 0.247 e. The van der Waals surface area contributed by atoms with E-state index in [1.165, 1.54) is 17.4 Å². The topological polar surface area (TPSA) is 55.2 Å². The molecule has 2 heterocycles. The van der Waals surface area contributed by atoms with Crippen LogP contribution in [0.1, 0.15) is 6.42 Å². The number of aromatic nitrogens is 2. The average Bonchev–Trinajstić information content (AvgIpc) is 3.17. The highest BCUT2D eigenvalue weighted by Gasteiger charge is 2.41. The molecule has 0 radical (unpaired) electrons. The molecule has 1 saturated heterocycles. The molecule has 0 bridgehead atoms. The number of hydrogen-bond donors (Lipinski definition) is 0. The lowest BCUT2D eigenvalue weighted by atomic mass is 10.3. The van der Waals surface area contributed by atoms with E-state index in [1.807, 2.05) is 30.3 Å². The first-order valence-electron chi connectivity index (χ1n) is 8.08. The molecule has 10 heteroatoms. The van der Waals surface area contributed by atoms with Crippen molar-refractivity contribution in [2.45, 2.75) is 16.0 Å². The largest absolute Gasteiger partial charge is 0.274 e. The Morgan fingerprint density at radius 2 is 1.82 bits per heavy atom. The molecule has 1 aliphatic rings. The Kier molecular flexibility index (Phi) is 5.09. The van der Waals surface area contributed by atoms with Crippen LogP contribution in [0, 0.1) is 15.6 Å². The zero-order chi connectivity index (χ0) is 19.8. The molecular formula is C18H11F2N3O2S3. The van der Waals surface area contributed by atoms with E-state index >= 15 is 0 Å². The quantitative estimate of drug-likeness (QED) is 0.450. The fourth-order valence-corrected chi connectivity index (χ4v) is 5.38. The summed E-state index contributed by atoms with van der Waals surface area (Å²) in [7, 11) is 0. The van der Waals surface area contributed by atoms with Crippen molar-refractivity contribution in [3.63, 3.8) is 0 Å². The Labute approximate surface area is 171 Å². The van der Waals surface area contributed by atoms with Crippen molar-refractivity contribution < 1.29 is 18.4 Å². The van der Waals surface area contributed by atoms with Crippen molar-refractivity contribution in [3.8, 4) is 5.69 Å². The van der Waals surface area contributed by atoms with Gasteiger partial charge in [-0.1, -0.05) is 41.3 Å². The summed E-state index contributed by atoms with van der Waals surface area (Å²) < 4.78 is 29.3. The van der Waals surface area contributed by atoms with Crippen LogP contribution in [0.2, 0.25) is 0 Å². The van der Waals surface area contributed by atoms with E-state index in [0.29, 0.717) is 8.29 Å². The zero-order valence-electron chi connectivity index (χ0n) is 14.0. The summed E-state index contributed by atoms with van der Waals surface area (Å²) in [6.07, 6.45) is -0.0554. The van der Waals surface area contributed by atoms with Gasteiger partial charge in [0.2, 0.25) is 11.8 Å². The van der Waals surface area contributed by atoms with Gasteiger partial charge in [-0.3, -0.25) is 9.59 Å². The van der Waals surface area contributed by atoms with E-state index in [0.717, 1.165) is 34.5 Å². The first kappa shape index (κ1) is 18.9. The highest BCUT2D eigenvalue weighted by atomic mass is 32.2. The third-order valence-electron chi connectivity index (χ3n) is 4.04. The lowest BCUT2D eigenvalue weighted by Gasteiger charge is -2.14. The normalized spacial score (nSPS) is 16.8. The predicted octanol–water partition coefficient (Wildman–Crippen LogP) is 4.37. The molecule has 1 fully saturated rings. The third kappa shape index (κ3) is 3.50. The van der Waals surface area contributed by atoms with Gasteiger partial charge in [-0.15, -0.1) is 5.10 Å². The molecule has 142 valence electrons. The monoisotopic (exact) mass is 435 g/mol. The molecule has 3 aromatic rings. The molecule has 0 spiro atoms. The maximum atomic E-state index is 13.5. The van der Waals surface area contributed by atoms with Crippen LogP contribution in [-0.2, 0) is 9.59 Å². The van der Waals surface area contributed by atoms with E-state index in [1.54, 1.807) is 4.68 Å². The maximum absolute atomic E-state index is 13.5. The van der Waals surface area contributed by atoms with Crippen LogP contribution in [0.3, 0.4) is 0 Å². The Balaban J connectivity index is 1.57. The third-order valence-corrected chi connectivity index (χ3v) is 6.54. The number of rotatable bonds is 4. The SMILES string of the molecule is O=C1C[C@H](Sc2nn(-c3ccccc3)c(=S)s2)C(=O)N1c1ccc(F)c(F)c1. The van der Waals surface area contributed by atoms with E-state index in [4.69, 9.17) is 12.2 Å². The Bertz CT molecular complexity index is 1130. The van der Waals surface area contributed by atoms with E-state index in [2.05, 4.69) is 5.10 Å². The van der Waals surface area contributed by atoms with Gasteiger partial charge in [0, 0.05) is 12.5 Å². The number of anilines is 1. The minimum absolute atomic E-state index is 0.0134. The summed E-state index contributed by atoms with van der Waals surface area (Å²) in [5.41, 5.74) is 0.812. The first-order valence-corrected chi connectivity index (χ1v) is 10.2. The van der Waals surface area contributed by atoms with Crippen LogP contribution in [-0.4, -0.2) is 26.8 Å². The van der Waals surface area contributed by atoms with Crippen LogP contribution in [0.4, 0.5) is 14.5 Å². The molecule has 1 aliphatic heterocycles. The van der Waals surface area contributed by atoms with Crippen LogP contribution in [0.15, 0.2) is 52.9 Å². The lowest BCUT2D eigenvalue weighted by molar-refractivity contribution is -0.121. The number of imide groups is 1. The van der Waals surface area contributed by atoms with Gasteiger partial charge >= 0.3 is 0 Å². The van der Waals surface area contributed by atoms with Crippen LogP contribution >= 0.6 is 35.3 Å². The lowest BCUT2D eigenvalue weighted by Crippen LogP contribution is -2.31. The van der Waals surface area contributed by atoms with Crippen molar-refractivity contribution in [3.05, 3.63) is 64.1 Å². The number of halogens is 2. The second kappa shape index (κ2) is 7.53. The van der Waals surface area contributed by atoms with E-state index in [-0.39, 0.29) is 12.1 Å². The molecule has 5 nitrogen and oxygen atoms in total. The molecule has 0 aliphatic carbocycles. The number of carbonyl (C=O) groups is 2. The van der Waals surface area contributed by atoms with E-state index < -0.39 is 28.7 Å². The van der Waals surface area contributed by atoms with Crippen LogP contribution in [0.25, 0.3) is 5.69 Å². The molecule has 2 aromatic carbocycles. The van der Waals surface area contributed by atoms with Crippen LogP contribution in [0.5, 0.6) is 0 Å². The molecule has 28 heavy (non-hydrogen) atoms. The summed E-state index contributed by atoms with van der Waals surface area (Å²) in [6, 6.07) is 12.3. The summed E-state index contributed by atoms with van der Waals surface area (Å²) in [6.45, 7) is 0. The number of thioether (sulfide) groups is 1. The van der Waals surface area contributed by atoms with E-state index in [9.17, 15) is 18.4 Å². The average molecular weight is 436 g/mol. The van der Waals surface area contributed by atoms with Crippen molar-refractivity contribution in [2.24, 2.45) is 0 Å². The Morgan fingerprint density at radius 3 is 2.54 bits per heavy atom. The van der Waals surface area contributed by atoms with Crippen molar-refractivity contribution in [1.82, 2.24) is 9.78 Å². The van der Waals surface area contributed by atoms with Crippen molar-refractivity contribution >= 4 is 52.8 Å². The van der Waals surface area contributed by atoms with Crippen molar-refractivity contribution in [1.29, 1.82) is 0 Å². The number of carbonyl (C=O) groups excluding carboxylic acids is 2. The second-order valence-electron chi connectivity index (χ2n) is 5.86. The highest BCUT2D eigenvalue weighted by molar-refractivity contribution is 8.02. The molecule has 1 atom stereocenters. The van der Waals surface area contributed by atoms with Gasteiger partial charge in [-0.05, 0) is 36.5 Å². The van der Waals surface area contributed by atoms with Crippen LogP contribution < -0.4 is 4.90 Å². The number of para-hydroxylation sites is 1. The molecule has 0 N–H and O–H groups in total. The number of nitrogens with zero attached hydrogens (tertiary/aromatic N) is 3. The highest BCUT2D eigenvalue weighted by Crippen LogP contribution is 2.35. The fraction of sp³-hybridized carbons (Fsp3) is 0.111. The number of hydrogen-bond acceptors (Lipinski definition) is 6. The molecule has 4 rings (SSSR count). The molecular weight excluding hydrogens is 424 g/mol. The van der Waals surface area contributed by atoms with Gasteiger partial charge in [-0.2, -0.15) is 0 Å². The van der Waals surface area contributed by atoms with Gasteiger partial charge in [0.25, 0.3) is 0 Å². The summed E-state index contributed by atoms with van der Waals surface area (Å²) in [5.74, 6) is -3.12. The predicted molar refractivity (Wildman–Crippen MR) is 105 cm³/mol. The Hall–Kier alpha value is -2.43. The van der Waals surface area contributed by atoms with Gasteiger partial charge in [0.05, 0.1) is 11.4 Å². The number of benzene rings is 2. The van der Waals surface area contributed by atoms with Gasteiger partial charge in [0.1, 0.15) is 5.25 Å². The summed E-state index contributed by atoms with van der Waals surface area (Å²) in [5, 5.41) is 3.73. The molecule has 0 unspecified atom stereocenters. The minimum Gasteiger partial charge on any atom is -0.274 e.